The van der Waals surface area contributed by atoms with Crippen molar-refractivity contribution in [3.63, 3.8) is 0 Å². The van der Waals surface area contributed by atoms with Crippen LogP contribution < -0.4 is 0 Å². The maximum atomic E-state index is 10.1. The van der Waals surface area contributed by atoms with Gasteiger partial charge >= 0.3 is 0 Å². The van der Waals surface area contributed by atoms with Crippen LogP contribution in [0.1, 0.15) is 78.6 Å². The standard InChI is InChI=1S/C21H34O/c1-4-14-6-8-18-17-7-5-15-13-16(22)9-11-21(15,3)19(17)10-12-20(14,18)2/h4,15-19,22H,5-13H2,1-3H3/b14-4-/t15-,16?,17?,18?,19?,20-,21+/m1/s1. The molecule has 4 unspecified atom stereocenters. The Kier molecular flexibility index (Phi) is 3.53. The molecule has 0 heterocycles. The largest absolute Gasteiger partial charge is 0.393 e. The highest BCUT2D eigenvalue weighted by Gasteiger charge is 2.58. The van der Waals surface area contributed by atoms with E-state index in [1.165, 1.54) is 44.9 Å². The summed E-state index contributed by atoms with van der Waals surface area (Å²) in [6, 6.07) is 0. The summed E-state index contributed by atoms with van der Waals surface area (Å²) >= 11 is 0. The van der Waals surface area contributed by atoms with Gasteiger partial charge in [0, 0.05) is 0 Å². The van der Waals surface area contributed by atoms with Crippen LogP contribution in [0.4, 0.5) is 0 Å². The number of fused-ring (bicyclic) bond motifs is 5. The van der Waals surface area contributed by atoms with E-state index >= 15 is 0 Å². The van der Waals surface area contributed by atoms with Gasteiger partial charge in [-0.1, -0.05) is 25.5 Å². The first kappa shape index (κ1) is 15.2. The van der Waals surface area contributed by atoms with Gasteiger partial charge in [-0.15, -0.1) is 0 Å². The molecule has 1 nitrogen and oxygen atoms in total. The van der Waals surface area contributed by atoms with Crippen LogP contribution in [-0.4, -0.2) is 11.2 Å². The Balaban J connectivity index is 1.63. The van der Waals surface area contributed by atoms with E-state index in [1.54, 1.807) is 5.57 Å². The van der Waals surface area contributed by atoms with Gasteiger partial charge in [-0.2, -0.15) is 0 Å². The third-order valence-corrected chi connectivity index (χ3v) is 8.83. The smallest absolute Gasteiger partial charge is 0.0543 e. The fourth-order valence-electron chi connectivity index (χ4n) is 7.56. The van der Waals surface area contributed by atoms with Gasteiger partial charge in [0.05, 0.1) is 6.10 Å². The van der Waals surface area contributed by atoms with E-state index in [9.17, 15) is 5.11 Å². The molecule has 0 spiro atoms. The average Bonchev–Trinajstić information content (AvgIpc) is 2.84. The van der Waals surface area contributed by atoms with Gasteiger partial charge < -0.3 is 5.11 Å². The molecule has 7 atom stereocenters. The van der Waals surface area contributed by atoms with Crippen molar-refractivity contribution < 1.29 is 5.11 Å². The van der Waals surface area contributed by atoms with Crippen molar-refractivity contribution in [2.45, 2.75) is 84.7 Å². The molecule has 4 fully saturated rings. The van der Waals surface area contributed by atoms with Crippen LogP contribution in [0, 0.1) is 34.5 Å². The quantitative estimate of drug-likeness (QED) is 0.599. The van der Waals surface area contributed by atoms with E-state index in [1.807, 2.05) is 0 Å². The number of rotatable bonds is 0. The van der Waals surface area contributed by atoms with E-state index < -0.39 is 0 Å². The summed E-state index contributed by atoms with van der Waals surface area (Å²) in [5, 5.41) is 10.1. The Morgan fingerprint density at radius 1 is 1.00 bits per heavy atom. The molecule has 0 bridgehead atoms. The summed E-state index contributed by atoms with van der Waals surface area (Å²) < 4.78 is 0. The summed E-state index contributed by atoms with van der Waals surface area (Å²) in [6.45, 7) is 7.43. The second-order valence-electron chi connectivity index (χ2n) is 9.39. The highest BCUT2D eigenvalue weighted by Crippen LogP contribution is 2.67. The van der Waals surface area contributed by atoms with Gasteiger partial charge in [0.2, 0.25) is 0 Å². The molecule has 4 saturated carbocycles. The van der Waals surface area contributed by atoms with Crippen molar-refractivity contribution in [1.82, 2.24) is 0 Å². The first-order valence-corrected chi connectivity index (χ1v) is 9.83. The molecule has 4 aliphatic rings. The molecule has 22 heavy (non-hydrogen) atoms. The van der Waals surface area contributed by atoms with Crippen molar-refractivity contribution in [3.05, 3.63) is 11.6 Å². The van der Waals surface area contributed by atoms with Gasteiger partial charge in [-0.25, -0.2) is 0 Å². The minimum atomic E-state index is -0.00964. The minimum Gasteiger partial charge on any atom is -0.393 e. The Morgan fingerprint density at radius 2 is 1.82 bits per heavy atom. The van der Waals surface area contributed by atoms with Crippen LogP contribution >= 0.6 is 0 Å². The second kappa shape index (κ2) is 5.10. The molecule has 0 aromatic rings. The number of aliphatic hydroxyl groups is 1. The van der Waals surface area contributed by atoms with Crippen LogP contribution in [-0.2, 0) is 0 Å². The maximum absolute atomic E-state index is 10.1. The topological polar surface area (TPSA) is 20.2 Å². The first-order valence-electron chi connectivity index (χ1n) is 9.83. The Bertz CT molecular complexity index is 480. The van der Waals surface area contributed by atoms with Crippen LogP contribution in [0.5, 0.6) is 0 Å². The van der Waals surface area contributed by atoms with Gasteiger partial charge in [-0.3, -0.25) is 0 Å². The zero-order valence-electron chi connectivity index (χ0n) is 14.8. The molecule has 0 amide bonds. The SMILES string of the molecule is C/C=C1/CCC2C3CC[C@@H]4CC(O)CC[C@]4(C)C3CC[C@]12C. The van der Waals surface area contributed by atoms with E-state index in [0.717, 1.165) is 36.5 Å². The van der Waals surface area contributed by atoms with Crippen LogP contribution in [0.25, 0.3) is 0 Å². The van der Waals surface area contributed by atoms with E-state index in [4.69, 9.17) is 0 Å². The number of hydrogen-bond donors (Lipinski definition) is 1. The van der Waals surface area contributed by atoms with Crippen molar-refractivity contribution in [3.8, 4) is 0 Å². The summed E-state index contributed by atoms with van der Waals surface area (Å²) in [6.07, 6.45) is 14.3. The molecule has 1 heteroatoms. The molecule has 4 rings (SSSR count). The molecule has 0 saturated heterocycles. The fraction of sp³-hybridized carbons (Fsp3) is 0.905. The lowest BCUT2D eigenvalue weighted by Gasteiger charge is -2.60. The maximum Gasteiger partial charge on any atom is 0.0543 e. The van der Waals surface area contributed by atoms with Crippen molar-refractivity contribution in [2.24, 2.45) is 34.5 Å². The summed E-state index contributed by atoms with van der Waals surface area (Å²) in [5.74, 6) is 3.65. The number of allylic oxidation sites excluding steroid dienone is 2. The van der Waals surface area contributed by atoms with Gasteiger partial charge in [0.25, 0.3) is 0 Å². The van der Waals surface area contributed by atoms with Crippen LogP contribution in [0.15, 0.2) is 11.6 Å². The predicted octanol–water partition coefficient (Wildman–Crippen LogP) is 5.34. The monoisotopic (exact) mass is 302 g/mol. The fourth-order valence-corrected chi connectivity index (χ4v) is 7.56. The zero-order valence-corrected chi connectivity index (χ0v) is 14.8. The van der Waals surface area contributed by atoms with Gasteiger partial charge in [-0.05, 0) is 99.2 Å². The highest BCUT2D eigenvalue weighted by molar-refractivity contribution is 5.23. The number of aliphatic hydroxyl groups excluding tert-OH is 1. The lowest BCUT2D eigenvalue weighted by atomic mass is 9.45. The van der Waals surface area contributed by atoms with E-state index in [-0.39, 0.29) is 6.10 Å². The third-order valence-electron chi connectivity index (χ3n) is 8.83. The lowest BCUT2D eigenvalue weighted by molar-refractivity contribution is -0.116. The normalized spacial score (nSPS) is 56.4. The van der Waals surface area contributed by atoms with Crippen molar-refractivity contribution in [1.29, 1.82) is 0 Å². The van der Waals surface area contributed by atoms with E-state index in [2.05, 4.69) is 26.8 Å². The zero-order chi connectivity index (χ0) is 15.5. The molecule has 1 N–H and O–H groups in total. The van der Waals surface area contributed by atoms with Crippen LogP contribution in [0.3, 0.4) is 0 Å². The van der Waals surface area contributed by atoms with Crippen molar-refractivity contribution >= 4 is 0 Å². The van der Waals surface area contributed by atoms with Gasteiger partial charge in [0.15, 0.2) is 0 Å². The molecule has 4 aliphatic carbocycles. The first-order chi connectivity index (χ1) is 10.5. The van der Waals surface area contributed by atoms with E-state index in [0.29, 0.717) is 10.8 Å². The molecular formula is C21H34O. The molecule has 0 aromatic carbocycles. The molecule has 0 aromatic heterocycles. The number of hydrogen-bond acceptors (Lipinski definition) is 1. The molecule has 0 aliphatic heterocycles. The second-order valence-corrected chi connectivity index (χ2v) is 9.39. The molecular weight excluding hydrogens is 268 g/mol. The summed E-state index contributed by atoms with van der Waals surface area (Å²) in [5.41, 5.74) is 2.82. The Morgan fingerprint density at radius 3 is 2.59 bits per heavy atom. The van der Waals surface area contributed by atoms with Crippen LogP contribution in [0.2, 0.25) is 0 Å². The average molecular weight is 303 g/mol. The Hall–Kier alpha value is -0.300. The highest BCUT2D eigenvalue weighted by atomic mass is 16.3. The predicted molar refractivity (Wildman–Crippen MR) is 91.5 cm³/mol. The summed E-state index contributed by atoms with van der Waals surface area (Å²) in [7, 11) is 0. The van der Waals surface area contributed by atoms with Gasteiger partial charge in [0.1, 0.15) is 0 Å². The lowest BCUT2D eigenvalue weighted by Crippen LogP contribution is -2.53. The molecule has 0 radical (unpaired) electrons. The van der Waals surface area contributed by atoms with Crippen molar-refractivity contribution in [2.75, 3.05) is 0 Å². The Labute approximate surface area is 136 Å². The summed E-state index contributed by atoms with van der Waals surface area (Å²) in [4.78, 5) is 0. The minimum absolute atomic E-state index is 0.00964. The third kappa shape index (κ3) is 1.93. The molecule has 124 valence electrons.